The number of nitrogens with zero attached hydrogens (tertiary/aromatic N) is 6. The second kappa shape index (κ2) is 7.11. The Hall–Kier alpha value is -3.35. The van der Waals surface area contributed by atoms with Gasteiger partial charge in [0.05, 0.1) is 17.9 Å². The van der Waals surface area contributed by atoms with Gasteiger partial charge in [0.25, 0.3) is 0 Å². The molecule has 136 valence electrons. The summed E-state index contributed by atoms with van der Waals surface area (Å²) in [4.78, 5) is 8.98. The van der Waals surface area contributed by atoms with Gasteiger partial charge in [-0.2, -0.15) is 5.10 Å². The SMILES string of the molecule is Cc1cccc(-c2ncc(-c3cn([C@@H](C)Cc4cc(C)[nH]n4)nn3)cn2)c1. The molecule has 0 unspecified atom stereocenters. The normalized spacial score (nSPS) is 12.3. The summed E-state index contributed by atoms with van der Waals surface area (Å²) in [5, 5.41) is 15.8. The van der Waals surface area contributed by atoms with Gasteiger partial charge in [-0.1, -0.05) is 29.0 Å². The minimum Gasteiger partial charge on any atom is -0.283 e. The fraction of sp³-hybridized carbons (Fsp3) is 0.250. The lowest BCUT2D eigenvalue weighted by Gasteiger charge is -2.08. The average Bonchev–Trinajstić information content (AvgIpc) is 3.31. The van der Waals surface area contributed by atoms with Crippen molar-refractivity contribution in [3.05, 3.63) is 65.9 Å². The van der Waals surface area contributed by atoms with Crippen LogP contribution in [0.2, 0.25) is 0 Å². The van der Waals surface area contributed by atoms with Crippen LogP contribution in [0.5, 0.6) is 0 Å². The molecule has 0 fully saturated rings. The number of nitrogens with one attached hydrogen (secondary N) is 1. The van der Waals surface area contributed by atoms with E-state index in [0.29, 0.717) is 5.82 Å². The summed E-state index contributed by atoms with van der Waals surface area (Å²) >= 11 is 0. The zero-order valence-electron chi connectivity index (χ0n) is 15.6. The van der Waals surface area contributed by atoms with Crippen molar-refractivity contribution in [2.75, 3.05) is 0 Å². The molecule has 0 amide bonds. The first-order chi connectivity index (χ1) is 13.1. The molecule has 4 aromatic rings. The van der Waals surface area contributed by atoms with E-state index in [1.54, 1.807) is 12.4 Å². The molecule has 0 saturated heterocycles. The average molecular weight is 359 g/mol. The van der Waals surface area contributed by atoms with E-state index in [-0.39, 0.29) is 6.04 Å². The molecule has 0 aliphatic rings. The van der Waals surface area contributed by atoms with Crippen molar-refractivity contribution in [3.8, 4) is 22.6 Å². The zero-order valence-corrected chi connectivity index (χ0v) is 15.6. The lowest BCUT2D eigenvalue weighted by atomic mass is 10.1. The van der Waals surface area contributed by atoms with Crippen LogP contribution in [0.15, 0.2) is 48.9 Å². The molecule has 4 rings (SSSR count). The topological polar surface area (TPSA) is 85.2 Å². The van der Waals surface area contributed by atoms with Gasteiger partial charge in [0.2, 0.25) is 0 Å². The van der Waals surface area contributed by atoms with Crippen LogP contribution in [0.25, 0.3) is 22.6 Å². The first kappa shape index (κ1) is 17.1. The second-order valence-corrected chi connectivity index (χ2v) is 6.84. The minimum absolute atomic E-state index is 0.154. The summed E-state index contributed by atoms with van der Waals surface area (Å²) in [5.41, 5.74) is 5.87. The van der Waals surface area contributed by atoms with Gasteiger partial charge < -0.3 is 0 Å². The Kier molecular flexibility index (Phi) is 4.50. The van der Waals surface area contributed by atoms with Crippen molar-refractivity contribution in [3.63, 3.8) is 0 Å². The number of rotatable bonds is 5. The molecule has 3 aromatic heterocycles. The van der Waals surface area contributed by atoms with Crippen LogP contribution < -0.4 is 0 Å². The van der Waals surface area contributed by atoms with Gasteiger partial charge in [-0.05, 0) is 32.9 Å². The number of aromatic amines is 1. The second-order valence-electron chi connectivity index (χ2n) is 6.84. The van der Waals surface area contributed by atoms with Crippen LogP contribution in [0.3, 0.4) is 0 Å². The van der Waals surface area contributed by atoms with Crippen LogP contribution in [0.1, 0.15) is 29.9 Å². The van der Waals surface area contributed by atoms with Crippen molar-refractivity contribution >= 4 is 0 Å². The largest absolute Gasteiger partial charge is 0.283 e. The molecule has 0 bridgehead atoms. The quantitative estimate of drug-likeness (QED) is 0.589. The predicted octanol–water partition coefficient (Wildman–Crippen LogP) is 3.55. The predicted molar refractivity (Wildman–Crippen MR) is 103 cm³/mol. The van der Waals surface area contributed by atoms with Gasteiger partial charge in [0.15, 0.2) is 5.82 Å². The molecule has 0 aliphatic heterocycles. The molecule has 7 heteroatoms. The highest BCUT2D eigenvalue weighted by atomic mass is 15.4. The first-order valence-corrected chi connectivity index (χ1v) is 8.90. The molecule has 0 saturated carbocycles. The summed E-state index contributed by atoms with van der Waals surface area (Å²) in [7, 11) is 0. The molecule has 1 atom stereocenters. The standard InChI is InChI=1S/C20H21N7/c1-13-5-4-6-16(7-13)20-21-10-17(11-22-20)19-12-27(26-25-19)15(3)9-18-8-14(2)23-24-18/h4-8,10-12,15H,9H2,1-3H3,(H,23,24)/t15-/m0/s1. The summed E-state index contributed by atoms with van der Waals surface area (Å²) in [6.07, 6.45) is 6.30. The van der Waals surface area contributed by atoms with Crippen LogP contribution >= 0.6 is 0 Å². The summed E-state index contributed by atoms with van der Waals surface area (Å²) in [5.74, 6) is 0.706. The van der Waals surface area contributed by atoms with E-state index < -0.39 is 0 Å². The molecular weight excluding hydrogens is 338 g/mol. The van der Waals surface area contributed by atoms with Crippen LogP contribution in [-0.4, -0.2) is 35.2 Å². The third-order valence-corrected chi connectivity index (χ3v) is 4.45. The number of aromatic nitrogens is 7. The van der Waals surface area contributed by atoms with Crippen molar-refractivity contribution < 1.29 is 0 Å². The molecule has 27 heavy (non-hydrogen) atoms. The van der Waals surface area contributed by atoms with Crippen LogP contribution in [0, 0.1) is 13.8 Å². The Morgan fingerprint density at radius 2 is 1.89 bits per heavy atom. The molecule has 0 aliphatic carbocycles. The maximum Gasteiger partial charge on any atom is 0.159 e. The molecular formula is C20H21N7. The van der Waals surface area contributed by atoms with Gasteiger partial charge in [0, 0.05) is 35.6 Å². The Morgan fingerprint density at radius 3 is 2.59 bits per heavy atom. The van der Waals surface area contributed by atoms with Gasteiger partial charge >= 0.3 is 0 Å². The molecule has 1 N–H and O–H groups in total. The third-order valence-electron chi connectivity index (χ3n) is 4.45. The Balaban J connectivity index is 1.51. The maximum atomic E-state index is 4.49. The number of hydrogen-bond donors (Lipinski definition) is 1. The third kappa shape index (κ3) is 3.76. The number of aryl methyl sites for hydroxylation is 2. The van der Waals surface area contributed by atoms with E-state index in [2.05, 4.69) is 56.5 Å². The number of benzene rings is 1. The first-order valence-electron chi connectivity index (χ1n) is 8.90. The van der Waals surface area contributed by atoms with Crippen LogP contribution in [-0.2, 0) is 6.42 Å². The van der Waals surface area contributed by atoms with Crippen molar-refractivity contribution in [1.29, 1.82) is 0 Å². The number of H-pyrrole nitrogens is 1. The van der Waals surface area contributed by atoms with Crippen molar-refractivity contribution in [2.24, 2.45) is 0 Å². The van der Waals surface area contributed by atoms with Crippen LogP contribution in [0.4, 0.5) is 0 Å². The summed E-state index contributed by atoms with van der Waals surface area (Å²) in [6, 6.07) is 10.4. The highest BCUT2D eigenvalue weighted by Crippen LogP contribution is 2.21. The zero-order chi connectivity index (χ0) is 18.8. The fourth-order valence-electron chi connectivity index (χ4n) is 2.99. The molecule has 7 nitrogen and oxygen atoms in total. The van der Waals surface area contributed by atoms with Gasteiger partial charge in [-0.25, -0.2) is 14.6 Å². The molecule has 0 radical (unpaired) electrons. The van der Waals surface area contributed by atoms with Crippen molar-refractivity contribution in [2.45, 2.75) is 33.2 Å². The summed E-state index contributed by atoms with van der Waals surface area (Å²) < 4.78 is 1.85. The highest BCUT2D eigenvalue weighted by molar-refractivity contribution is 5.60. The van der Waals surface area contributed by atoms with E-state index in [1.165, 1.54) is 5.56 Å². The van der Waals surface area contributed by atoms with Gasteiger partial charge in [-0.3, -0.25) is 5.10 Å². The molecule has 1 aromatic carbocycles. The fourth-order valence-corrected chi connectivity index (χ4v) is 2.99. The Bertz CT molecular complexity index is 1050. The smallest absolute Gasteiger partial charge is 0.159 e. The van der Waals surface area contributed by atoms with E-state index in [4.69, 9.17) is 0 Å². The van der Waals surface area contributed by atoms with Gasteiger partial charge in [-0.15, -0.1) is 5.10 Å². The summed E-state index contributed by atoms with van der Waals surface area (Å²) in [6.45, 7) is 6.15. The van der Waals surface area contributed by atoms with E-state index in [9.17, 15) is 0 Å². The van der Waals surface area contributed by atoms with Gasteiger partial charge in [0.1, 0.15) is 5.69 Å². The molecule has 3 heterocycles. The Morgan fingerprint density at radius 1 is 1.07 bits per heavy atom. The van der Waals surface area contributed by atoms with E-state index in [1.807, 2.05) is 36.0 Å². The lowest BCUT2D eigenvalue weighted by molar-refractivity contribution is 0.470. The molecule has 0 spiro atoms. The Labute approximate surface area is 157 Å². The van der Waals surface area contributed by atoms with E-state index >= 15 is 0 Å². The minimum atomic E-state index is 0.154. The van der Waals surface area contributed by atoms with E-state index in [0.717, 1.165) is 34.6 Å². The van der Waals surface area contributed by atoms with Crippen molar-refractivity contribution in [1.82, 2.24) is 35.2 Å². The maximum absolute atomic E-state index is 4.49. The number of hydrogen-bond acceptors (Lipinski definition) is 5. The lowest BCUT2D eigenvalue weighted by Crippen LogP contribution is -2.09. The monoisotopic (exact) mass is 359 g/mol. The highest BCUT2D eigenvalue weighted by Gasteiger charge is 2.12.